The number of rotatable bonds is 7. The number of aromatic amines is 1. The van der Waals surface area contributed by atoms with Crippen LogP contribution in [0.3, 0.4) is 0 Å². The molecule has 8 nitrogen and oxygen atoms in total. The number of fused-ring (bicyclic) bond motifs is 1. The first-order chi connectivity index (χ1) is 16.6. The first-order valence-corrected chi connectivity index (χ1v) is 12.0. The van der Waals surface area contributed by atoms with E-state index in [1.807, 2.05) is 51.0 Å². The average Bonchev–Trinajstić information content (AvgIpc) is 3.50. The molecule has 0 radical (unpaired) electrons. The van der Waals surface area contributed by atoms with Gasteiger partial charge in [0, 0.05) is 24.4 Å². The maximum Gasteiger partial charge on any atom is 0.239 e. The second-order valence-electron chi connectivity index (χ2n) is 9.84. The molecule has 0 bridgehead atoms. The number of nitrogens with zero attached hydrogens (tertiary/aromatic N) is 6. The molecule has 0 unspecified atom stereocenters. The molecule has 2 atom stereocenters. The minimum absolute atomic E-state index is 0.0294. The van der Waals surface area contributed by atoms with Crippen LogP contribution in [-0.4, -0.2) is 67.7 Å². The molecule has 0 aliphatic heterocycles. The van der Waals surface area contributed by atoms with Crippen molar-refractivity contribution in [1.82, 2.24) is 34.6 Å². The molecule has 0 aliphatic carbocycles. The number of benzene rings is 1. The van der Waals surface area contributed by atoms with Crippen molar-refractivity contribution < 1.29 is 4.79 Å². The molecule has 0 fully saturated rings. The fourth-order valence-corrected chi connectivity index (χ4v) is 4.43. The van der Waals surface area contributed by atoms with Gasteiger partial charge in [-0.3, -0.25) is 14.8 Å². The largest absolute Gasteiger partial charge is 0.338 e. The number of nitrogens with one attached hydrogen (secondary N) is 1. The summed E-state index contributed by atoms with van der Waals surface area (Å²) in [6.45, 7) is 10.4. The van der Waals surface area contributed by atoms with Crippen LogP contribution in [0.2, 0.25) is 0 Å². The van der Waals surface area contributed by atoms with E-state index in [0.717, 1.165) is 44.9 Å². The number of H-pyrrole nitrogens is 1. The summed E-state index contributed by atoms with van der Waals surface area (Å²) in [4.78, 5) is 20.9. The Balaban J connectivity index is 1.66. The van der Waals surface area contributed by atoms with Gasteiger partial charge in [-0.2, -0.15) is 10.2 Å². The number of likely N-dealkylation sites (N-methyl/N-ethyl adjacent to an activating group) is 2. The van der Waals surface area contributed by atoms with E-state index in [1.54, 1.807) is 10.8 Å². The Bertz CT molecular complexity index is 1330. The maximum absolute atomic E-state index is 12.8. The van der Waals surface area contributed by atoms with Crippen LogP contribution in [0.25, 0.3) is 28.2 Å². The van der Waals surface area contributed by atoms with Crippen LogP contribution in [0.15, 0.2) is 42.9 Å². The number of hydrogen-bond donors (Lipinski definition) is 1. The molecule has 0 spiro atoms. The van der Waals surface area contributed by atoms with Crippen LogP contribution in [-0.2, 0) is 4.79 Å². The minimum Gasteiger partial charge on any atom is -0.338 e. The van der Waals surface area contributed by atoms with Crippen LogP contribution >= 0.6 is 0 Å². The lowest BCUT2D eigenvalue weighted by Crippen LogP contribution is -2.43. The Hall–Kier alpha value is -3.52. The van der Waals surface area contributed by atoms with E-state index in [-0.39, 0.29) is 23.9 Å². The number of hydrogen-bond acceptors (Lipinski definition) is 5. The van der Waals surface area contributed by atoms with E-state index >= 15 is 0 Å². The smallest absolute Gasteiger partial charge is 0.239 e. The van der Waals surface area contributed by atoms with Crippen molar-refractivity contribution in [2.75, 3.05) is 21.1 Å². The van der Waals surface area contributed by atoms with Crippen LogP contribution in [0.1, 0.15) is 56.3 Å². The fraction of sp³-hybridized carbons (Fsp3) is 0.407. The molecule has 3 aromatic heterocycles. The molecule has 0 saturated carbocycles. The lowest BCUT2D eigenvalue weighted by molar-refractivity contribution is -0.136. The number of carbonyl (C=O) groups excluding carboxylic acids is 1. The van der Waals surface area contributed by atoms with Crippen molar-refractivity contribution in [1.29, 1.82) is 0 Å². The number of pyridine rings is 1. The zero-order chi connectivity index (χ0) is 25.4. The minimum atomic E-state index is -0.167. The lowest BCUT2D eigenvalue weighted by atomic mass is 9.93. The highest BCUT2D eigenvalue weighted by Crippen LogP contribution is 2.36. The van der Waals surface area contributed by atoms with Gasteiger partial charge in [0.2, 0.25) is 5.91 Å². The van der Waals surface area contributed by atoms with Crippen molar-refractivity contribution in [2.24, 2.45) is 0 Å². The Labute approximate surface area is 207 Å². The van der Waals surface area contributed by atoms with Gasteiger partial charge in [0.25, 0.3) is 0 Å². The molecule has 1 amide bonds. The molecule has 1 aromatic carbocycles. The third-order valence-electron chi connectivity index (χ3n) is 6.96. The van der Waals surface area contributed by atoms with Crippen molar-refractivity contribution >= 4 is 11.6 Å². The van der Waals surface area contributed by atoms with E-state index in [9.17, 15) is 4.79 Å². The van der Waals surface area contributed by atoms with E-state index < -0.39 is 0 Å². The molecule has 3 heterocycles. The summed E-state index contributed by atoms with van der Waals surface area (Å²) in [6.07, 6.45) is 3.55. The summed E-state index contributed by atoms with van der Waals surface area (Å²) >= 11 is 0. The second-order valence-corrected chi connectivity index (χ2v) is 9.84. The first-order valence-electron chi connectivity index (χ1n) is 12.0. The summed E-state index contributed by atoms with van der Waals surface area (Å²) in [5.74, 6) is 0.368. The first kappa shape index (κ1) is 24.6. The van der Waals surface area contributed by atoms with Gasteiger partial charge in [0.05, 0.1) is 23.5 Å². The fourth-order valence-electron chi connectivity index (χ4n) is 4.43. The molecular formula is C27H35N7O. The van der Waals surface area contributed by atoms with Gasteiger partial charge in [-0.25, -0.2) is 9.50 Å². The Morgan fingerprint density at radius 2 is 1.71 bits per heavy atom. The Kier molecular flexibility index (Phi) is 6.76. The van der Waals surface area contributed by atoms with Crippen molar-refractivity contribution in [3.63, 3.8) is 0 Å². The molecule has 0 saturated heterocycles. The van der Waals surface area contributed by atoms with Gasteiger partial charge >= 0.3 is 0 Å². The summed E-state index contributed by atoms with van der Waals surface area (Å²) in [5.41, 5.74) is 8.17. The number of carbonyl (C=O) groups is 1. The molecule has 1 N–H and O–H groups in total. The third-order valence-corrected chi connectivity index (χ3v) is 6.96. The standard InChI is InChI=1S/C27H35N7O/c1-16(2)23-24(30-31-25(23)22-13-17(3)26-28-15-29-34(26)14-22)21-11-9-20(10-12-21)18(4)33(8)27(35)19(5)32(6)7/h9-16,18-19H,1-8H3,(H,30,31)/t18-,19+/m0/s1. The van der Waals surface area contributed by atoms with Gasteiger partial charge in [0.1, 0.15) is 6.33 Å². The van der Waals surface area contributed by atoms with E-state index in [1.165, 1.54) is 0 Å². The van der Waals surface area contributed by atoms with Gasteiger partial charge in [-0.15, -0.1) is 0 Å². The number of aromatic nitrogens is 5. The monoisotopic (exact) mass is 473 g/mol. The molecule has 184 valence electrons. The predicted octanol–water partition coefficient (Wildman–Crippen LogP) is 4.69. The molecule has 0 aliphatic rings. The molecular weight excluding hydrogens is 438 g/mol. The number of aryl methyl sites for hydroxylation is 1. The molecule has 4 rings (SSSR count). The number of amides is 1. The normalized spacial score (nSPS) is 13.5. The Morgan fingerprint density at radius 1 is 1.03 bits per heavy atom. The summed E-state index contributed by atoms with van der Waals surface area (Å²) < 4.78 is 1.80. The second kappa shape index (κ2) is 9.62. The predicted molar refractivity (Wildman–Crippen MR) is 139 cm³/mol. The zero-order valence-electron chi connectivity index (χ0n) is 21.9. The van der Waals surface area contributed by atoms with Crippen LogP contribution in [0, 0.1) is 6.92 Å². The van der Waals surface area contributed by atoms with Gasteiger partial charge < -0.3 is 4.90 Å². The highest BCUT2D eigenvalue weighted by molar-refractivity contribution is 5.81. The summed E-state index contributed by atoms with van der Waals surface area (Å²) in [7, 11) is 5.71. The molecule has 4 aromatic rings. The van der Waals surface area contributed by atoms with E-state index in [0.29, 0.717) is 0 Å². The lowest BCUT2D eigenvalue weighted by Gasteiger charge is -2.30. The third kappa shape index (κ3) is 4.58. The van der Waals surface area contributed by atoms with Gasteiger partial charge in [-0.05, 0) is 63.5 Å². The highest BCUT2D eigenvalue weighted by atomic mass is 16.2. The van der Waals surface area contributed by atoms with Gasteiger partial charge in [0.15, 0.2) is 5.65 Å². The molecule has 8 heteroatoms. The maximum atomic E-state index is 12.8. The topological polar surface area (TPSA) is 82.4 Å². The van der Waals surface area contributed by atoms with E-state index in [4.69, 9.17) is 5.10 Å². The average molecular weight is 474 g/mol. The van der Waals surface area contributed by atoms with Gasteiger partial charge in [-0.1, -0.05) is 38.1 Å². The Morgan fingerprint density at radius 3 is 2.34 bits per heavy atom. The zero-order valence-corrected chi connectivity index (χ0v) is 21.9. The van der Waals surface area contributed by atoms with Crippen LogP contribution in [0.4, 0.5) is 0 Å². The SMILES string of the molecule is Cc1cc(-c2n[nH]c(-c3ccc([C@H](C)N(C)C(=O)[C@@H](C)N(C)C)cc3)c2C(C)C)cn2ncnc12. The summed E-state index contributed by atoms with van der Waals surface area (Å²) in [5, 5.41) is 12.3. The van der Waals surface area contributed by atoms with Crippen molar-refractivity contribution in [2.45, 2.75) is 52.6 Å². The molecule has 35 heavy (non-hydrogen) atoms. The van der Waals surface area contributed by atoms with Crippen molar-refractivity contribution in [3.8, 4) is 22.5 Å². The van der Waals surface area contributed by atoms with Crippen molar-refractivity contribution in [3.05, 3.63) is 59.5 Å². The quantitative estimate of drug-likeness (QED) is 0.421. The van der Waals surface area contributed by atoms with E-state index in [2.05, 4.69) is 66.3 Å². The van der Waals surface area contributed by atoms with Crippen LogP contribution in [0.5, 0.6) is 0 Å². The van der Waals surface area contributed by atoms with Crippen LogP contribution < -0.4 is 0 Å². The summed E-state index contributed by atoms with van der Waals surface area (Å²) in [6, 6.07) is 10.3. The highest BCUT2D eigenvalue weighted by Gasteiger charge is 2.24.